The lowest BCUT2D eigenvalue weighted by atomic mass is 10.2. The monoisotopic (exact) mass is 318 g/mol. The van der Waals surface area contributed by atoms with Crippen LogP contribution in [0.1, 0.15) is 12.0 Å². The van der Waals surface area contributed by atoms with E-state index in [1.54, 1.807) is 23.5 Å². The van der Waals surface area contributed by atoms with Crippen LogP contribution in [0.4, 0.5) is 0 Å². The van der Waals surface area contributed by atoms with Crippen LogP contribution in [0, 0.1) is 0 Å². The molecule has 0 spiro atoms. The maximum absolute atomic E-state index is 11.4. The average molecular weight is 318 g/mol. The van der Waals surface area contributed by atoms with Crippen molar-refractivity contribution < 1.29 is 9.53 Å². The number of rotatable bonds is 7. The maximum atomic E-state index is 11.4. The van der Waals surface area contributed by atoms with E-state index in [1.807, 2.05) is 36.6 Å². The van der Waals surface area contributed by atoms with Gasteiger partial charge in [0.25, 0.3) is 0 Å². The lowest BCUT2D eigenvalue weighted by Gasteiger charge is -2.06. The minimum Gasteiger partial charge on any atom is -0.461 e. The van der Waals surface area contributed by atoms with E-state index in [1.165, 1.54) is 9.79 Å². The molecular weight excluding hydrogens is 300 g/mol. The molecule has 110 valence electrons. The Hall–Kier alpha value is -1.39. The molecule has 0 saturated heterocycles. The topological polar surface area (TPSA) is 26.3 Å². The van der Waals surface area contributed by atoms with Gasteiger partial charge in [0.15, 0.2) is 0 Å². The van der Waals surface area contributed by atoms with Crippen LogP contribution in [-0.2, 0) is 16.1 Å². The van der Waals surface area contributed by atoms with E-state index in [9.17, 15) is 4.79 Å². The van der Waals surface area contributed by atoms with Gasteiger partial charge in [0.2, 0.25) is 0 Å². The van der Waals surface area contributed by atoms with Crippen LogP contribution >= 0.6 is 23.5 Å². The number of carbonyl (C=O) groups excluding carboxylic acids is 1. The van der Waals surface area contributed by atoms with Crippen molar-refractivity contribution in [1.29, 1.82) is 0 Å². The molecule has 2 rings (SSSR count). The van der Waals surface area contributed by atoms with Crippen LogP contribution in [-0.4, -0.2) is 18.0 Å². The Kier molecular flexibility index (Phi) is 6.70. The highest BCUT2D eigenvalue weighted by Gasteiger charge is 2.03. The number of ether oxygens (including phenoxy) is 1. The molecule has 0 N–H and O–H groups in total. The SMILES string of the molecule is CSCCC(=O)OCc1ccc(Sc2ccccc2)cc1. The second-order valence-electron chi connectivity index (χ2n) is 4.46. The summed E-state index contributed by atoms with van der Waals surface area (Å²) in [5.41, 5.74) is 1.02. The Morgan fingerprint density at radius 2 is 1.67 bits per heavy atom. The van der Waals surface area contributed by atoms with E-state index >= 15 is 0 Å². The van der Waals surface area contributed by atoms with Crippen LogP contribution in [0.2, 0.25) is 0 Å². The van der Waals surface area contributed by atoms with Gasteiger partial charge in [-0.25, -0.2) is 0 Å². The Balaban J connectivity index is 1.83. The molecule has 0 aromatic heterocycles. The van der Waals surface area contributed by atoms with Crippen molar-refractivity contribution in [1.82, 2.24) is 0 Å². The second kappa shape index (κ2) is 8.80. The van der Waals surface area contributed by atoms with Gasteiger partial charge in [-0.1, -0.05) is 42.1 Å². The van der Waals surface area contributed by atoms with E-state index in [4.69, 9.17) is 4.74 Å². The standard InChI is InChI=1S/C17H18O2S2/c1-20-12-11-17(18)19-13-14-7-9-16(10-8-14)21-15-5-3-2-4-6-15/h2-10H,11-13H2,1H3. The normalized spacial score (nSPS) is 10.3. The lowest BCUT2D eigenvalue weighted by Crippen LogP contribution is -2.05. The number of esters is 1. The molecule has 0 aliphatic heterocycles. The van der Waals surface area contributed by atoms with Crippen LogP contribution in [0.25, 0.3) is 0 Å². The highest BCUT2D eigenvalue weighted by Crippen LogP contribution is 2.27. The summed E-state index contributed by atoms with van der Waals surface area (Å²) < 4.78 is 5.23. The highest BCUT2D eigenvalue weighted by atomic mass is 32.2. The largest absolute Gasteiger partial charge is 0.461 e. The van der Waals surface area contributed by atoms with E-state index in [2.05, 4.69) is 24.3 Å². The summed E-state index contributed by atoms with van der Waals surface area (Å²) in [5, 5.41) is 0. The van der Waals surface area contributed by atoms with E-state index in [0.29, 0.717) is 13.0 Å². The van der Waals surface area contributed by atoms with Gasteiger partial charge in [-0.05, 0) is 36.1 Å². The molecule has 4 heteroatoms. The summed E-state index contributed by atoms with van der Waals surface area (Å²) in [7, 11) is 0. The molecule has 0 saturated carbocycles. The first-order valence-electron chi connectivity index (χ1n) is 6.74. The van der Waals surface area contributed by atoms with Gasteiger partial charge in [-0.3, -0.25) is 4.79 Å². The first-order chi connectivity index (χ1) is 10.3. The van der Waals surface area contributed by atoms with Crippen LogP contribution in [0.5, 0.6) is 0 Å². The molecule has 2 aromatic carbocycles. The van der Waals surface area contributed by atoms with Gasteiger partial charge in [0.05, 0.1) is 6.42 Å². The zero-order chi connectivity index (χ0) is 14.9. The average Bonchev–Trinajstić information content (AvgIpc) is 2.53. The Labute approximate surface area is 134 Å². The molecule has 0 unspecified atom stereocenters. The van der Waals surface area contributed by atoms with Crippen molar-refractivity contribution >= 4 is 29.5 Å². The third kappa shape index (κ3) is 5.86. The summed E-state index contributed by atoms with van der Waals surface area (Å²) in [6, 6.07) is 18.4. The molecule has 21 heavy (non-hydrogen) atoms. The maximum Gasteiger partial charge on any atom is 0.306 e. The molecule has 0 aliphatic rings. The van der Waals surface area contributed by atoms with Gasteiger partial charge in [-0.2, -0.15) is 11.8 Å². The Morgan fingerprint density at radius 1 is 1.00 bits per heavy atom. The lowest BCUT2D eigenvalue weighted by molar-refractivity contribution is -0.144. The fourth-order valence-electron chi connectivity index (χ4n) is 1.70. The molecule has 2 nitrogen and oxygen atoms in total. The quantitative estimate of drug-likeness (QED) is 0.695. The van der Waals surface area contributed by atoms with Crippen LogP contribution in [0.3, 0.4) is 0 Å². The molecule has 0 atom stereocenters. The van der Waals surface area contributed by atoms with Crippen molar-refractivity contribution in [2.24, 2.45) is 0 Å². The molecule has 2 aromatic rings. The van der Waals surface area contributed by atoms with Gasteiger partial charge in [0, 0.05) is 15.5 Å². The molecule has 0 radical (unpaired) electrons. The molecule has 0 aliphatic carbocycles. The second-order valence-corrected chi connectivity index (χ2v) is 6.60. The minimum absolute atomic E-state index is 0.132. The first-order valence-corrected chi connectivity index (χ1v) is 8.95. The number of hydrogen-bond donors (Lipinski definition) is 0. The third-order valence-corrected chi connectivity index (χ3v) is 4.44. The number of benzene rings is 2. The summed E-state index contributed by atoms with van der Waals surface area (Å²) in [4.78, 5) is 13.8. The van der Waals surface area contributed by atoms with Crippen molar-refractivity contribution in [2.75, 3.05) is 12.0 Å². The van der Waals surface area contributed by atoms with Gasteiger partial charge >= 0.3 is 5.97 Å². The predicted molar refractivity (Wildman–Crippen MR) is 89.8 cm³/mol. The van der Waals surface area contributed by atoms with Crippen molar-refractivity contribution in [3.8, 4) is 0 Å². The first kappa shape index (κ1) is 16.0. The number of thioether (sulfide) groups is 1. The fourth-order valence-corrected chi connectivity index (χ4v) is 2.91. The zero-order valence-electron chi connectivity index (χ0n) is 12.0. The Morgan fingerprint density at radius 3 is 2.33 bits per heavy atom. The van der Waals surface area contributed by atoms with E-state index in [0.717, 1.165) is 11.3 Å². The summed E-state index contributed by atoms with van der Waals surface area (Å²) >= 11 is 3.37. The molecular formula is C17H18O2S2. The smallest absolute Gasteiger partial charge is 0.306 e. The third-order valence-electron chi connectivity index (χ3n) is 2.81. The molecule has 0 fully saturated rings. The van der Waals surface area contributed by atoms with Crippen molar-refractivity contribution in [2.45, 2.75) is 22.8 Å². The van der Waals surface area contributed by atoms with Crippen LogP contribution in [0.15, 0.2) is 64.4 Å². The summed E-state index contributed by atoms with van der Waals surface area (Å²) in [5.74, 6) is 0.679. The number of hydrogen-bond acceptors (Lipinski definition) is 4. The van der Waals surface area contributed by atoms with Crippen LogP contribution < -0.4 is 0 Å². The Bertz CT molecular complexity index is 553. The van der Waals surface area contributed by atoms with E-state index < -0.39 is 0 Å². The van der Waals surface area contributed by atoms with Gasteiger partial charge in [0.1, 0.15) is 6.61 Å². The summed E-state index contributed by atoms with van der Waals surface area (Å²) in [6.45, 7) is 0.351. The van der Waals surface area contributed by atoms with Crippen molar-refractivity contribution in [3.63, 3.8) is 0 Å². The zero-order valence-corrected chi connectivity index (χ0v) is 13.6. The molecule has 0 amide bonds. The predicted octanol–water partition coefficient (Wildman–Crippen LogP) is 4.63. The van der Waals surface area contributed by atoms with Gasteiger partial charge < -0.3 is 4.74 Å². The minimum atomic E-state index is -0.132. The fraction of sp³-hybridized carbons (Fsp3) is 0.235. The number of carbonyl (C=O) groups is 1. The molecule has 0 heterocycles. The van der Waals surface area contributed by atoms with Gasteiger partial charge in [-0.15, -0.1) is 0 Å². The molecule has 0 bridgehead atoms. The van der Waals surface area contributed by atoms with E-state index in [-0.39, 0.29) is 5.97 Å². The van der Waals surface area contributed by atoms with Crippen molar-refractivity contribution in [3.05, 3.63) is 60.2 Å². The highest BCUT2D eigenvalue weighted by molar-refractivity contribution is 7.99. The summed E-state index contributed by atoms with van der Waals surface area (Å²) in [6.07, 6.45) is 2.46.